The Bertz CT molecular complexity index is 781. The molecule has 0 spiro atoms. The Morgan fingerprint density at radius 1 is 0.929 bits per heavy atom. The number of carbonyl (C=O) groups excluding carboxylic acids is 1. The summed E-state index contributed by atoms with van der Waals surface area (Å²) < 4.78 is 0. The molecule has 1 amide bonds. The Balaban J connectivity index is 1.42. The van der Waals surface area contributed by atoms with Gasteiger partial charge in [0.15, 0.2) is 0 Å². The van der Waals surface area contributed by atoms with Crippen LogP contribution in [0.15, 0.2) is 54.6 Å². The Morgan fingerprint density at radius 2 is 1.57 bits per heavy atom. The highest BCUT2D eigenvalue weighted by Crippen LogP contribution is 2.14. The molecule has 1 atom stereocenters. The van der Waals surface area contributed by atoms with Gasteiger partial charge in [0.05, 0.1) is 5.56 Å². The number of hydrogen-bond acceptors (Lipinski definition) is 3. The summed E-state index contributed by atoms with van der Waals surface area (Å²) in [5, 5.41) is 8.96. The minimum Gasteiger partial charge on any atom is -0.478 e. The lowest BCUT2D eigenvalue weighted by Gasteiger charge is -2.36. The number of aromatic carboxylic acids is 1. The van der Waals surface area contributed by atoms with Crippen molar-refractivity contribution in [1.29, 1.82) is 0 Å². The molecule has 0 aliphatic carbocycles. The van der Waals surface area contributed by atoms with Crippen LogP contribution in [-0.4, -0.2) is 59.5 Å². The maximum atomic E-state index is 12.7. The fourth-order valence-electron chi connectivity index (χ4n) is 3.66. The molecule has 0 saturated carbocycles. The van der Waals surface area contributed by atoms with E-state index in [-0.39, 0.29) is 11.8 Å². The molecule has 1 heterocycles. The minimum absolute atomic E-state index is 0.00157. The lowest BCUT2D eigenvalue weighted by atomic mass is 9.99. The zero-order valence-electron chi connectivity index (χ0n) is 16.4. The molecule has 1 aliphatic heterocycles. The second kappa shape index (κ2) is 9.51. The Labute approximate surface area is 166 Å². The van der Waals surface area contributed by atoms with E-state index in [9.17, 15) is 9.59 Å². The molecule has 148 valence electrons. The van der Waals surface area contributed by atoms with Crippen molar-refractivity contribution in [1.82, 2.24) is 9.80 Å². The quantitative estimate of drug-likeness (QED) is 0.802. The summed E-state index contributed by atoms with van der Waals surface area (Å²) >= 11 is 0. The summed E-state index contributed by atoms with van der Waals surface area (Å²) in [4.78, 5) is 28.0. The molecule has 5 heteroatoms. The van der Waals surface area contributed by atoms with Crippen molar-refractivity contribution in [2.45, 2.75) is 19.8 Å². The largest absolute Gasteiger partial charge is 0.478 e. The van der Waals surface area contributed by atoms with Crippen LogP contribution in [0.25, 0.3) is 0 Å². The van der Waals surface area contributed by atoms with Crippen LogP contribution in [0.3, 0.4) is 0 Å². The molecule has 28 heavy (non-hydrogen) atoms. The lowest BCUT2D eigenvalue weighted by Crippen LogP contribution is -2.50. The van der Waals surface area contributed by atoms with E-state index in [1.165, 1.54) is 5.56 Å². The predicted molar refractivity (Wildman–Crippen MR) is 109 cm³/mol. The van der Waals surface area contributed by atoms with E-state index in [0.717, 1.165) is 51.1 Å². The smallest absolute Gasteiger partial charge is 0.335 e. The molecule has 0 aromatic heterocycles. The van der Waals surface area contributed by atoms with Crippen LogP contribution in [0.2, 0.25) is 0 Å². The number of nitrogens with zero attached hydrogens (tertiary/aromatic N) is 2. The van der Waals surface area contributed by atoms with Gasteiger partial charge in [-0.25, -0.2) is 4.79 Å². The van der Waals surface area contributed by atoms with E-state index in [4.69, 9.17) is 5.11 Å². The summed E-state index contributed by atoms with van der Waals surface area (Å²) in [7, 11) is 0. The summed E-state index contributed by atoms with van der Waals surface area (Å²) in [6.07, 6.45) is 1.67. The first-order chi connectivity index (χ1) is 13.5. The van der Waals surface area contributed by atoms with Crippen molar-refractivity contribution in [3.63, 3.8) is 0 Å². The van der Waals surface area contributed by atoms with Crippen LogP contribution in [0, 0.1) is 5.92 Å². The molecule has 1 fully saturated rings. The average molecular weight is 380 g/mol. The summed E-state index contributed by atoms with van der Waals surface area (Å²) in [5.74, 6) is -0.650. The third kappa shape index (κ3) is 5.42. The summed E-state index contributed by atoms with van der Waals surface area (Å²) in [6.45, 7) is 6.26. The molecular weight excluding hydrogens is 352 g/mol. The van der Waals surface area contributed by atoms with Gasteiger partial charge in [0, 0.05) is 38.6 Å². The third-order valence-electron chi connectivity index (χ3n) is 5.41. The number of rotatable bonds is 7. The number of carbonyl (C=O) groups is 2. The third-order valence-corrected chi connectivity index (χ3v) is 5.41. The van der Waals surface area contributed by atoms with Crippen molar-refractivity contribution in [2.24, 2.45) is 5.92 Å². The Morgan fingerprint density at radius 3 is 2.18 bits per heavy atom. The molecule has 5 nitrogen and oxygen atoms in total. The monoisotopic (exact) mass is 380 g/mol. The minimum atomic E-state index is -0.895. The normalized spacial score (nSPS) is 16.0. The van der Waals surface area contributed by atoms with E-state index in [1.54, 1.807) is 12.1 Å². The molecule has 0 bridgehead atoms. The zero-order valence-corrected chi connectivity index (χ0v) is 16.4. The molecule has 0 radical (unpaired) electrons. The van der Waals surface area contributed by atoms with Crippen LogP contribution < -0.4 is 0 Å². The molecule has 2 aromatic carbocycles. The van der Waals surface area contributed by atoms with E-state index >= 15 is 0 Å². The van der Waals surface area contributed by atoms with Gasteiger partial charge in [0.1, 0.15) is 0 Å². The molecule has 1 unspecified atom stereocenters. The second-order valence-corrected chi connectivity index (χ2v) is 7.51. The molecule has 1 saturated heterocycles. The van der Waals surface area contributed by atoms with E-state index in [2.05, 4.69) is 17.0 Å². The van der Waals surface area contributed by atoms with Gasteiger partial charge in [0.25, 0.3) is 0 Å². The topological polar surface area (TPSA) is 60.9 Å². The fourth-order valence-corrected chi connectivity index (χ4v) is 3.66. The van der Waals surface area contributed by atoms with Crippen LogP contribution in [-0.2, 0) is 17.6 Å². The number of carboxylic acid groups (broad SMARTS) is 1. The van der Waals surface area contributed by atoms with Gasteiger partial charge in [-0.2, -0.15) is 0 Å². The standard InChI is InChI=1S/C23H28N2O3/c1-18(17-20-5-3-2-4-6-20)22(26)25-15-13-24(14-16-25)12-11-19-7-9-21(10-8-19)23(27)28/h2-10,18H,11-17H2,1H3,(H,27,28). The molecule has 2 aromatic rings. The van der Waals surface area contributed by atoms with Gasteiger partial charge in [-0.1, -0.05) is 49.4 Å². The van der Waals surface area contributed by atoms with E-state index < -0.39 is 5.97 Å². The molecule has 1 N–H and O–H groups in total. The number of hydrogen-bond donors (Lipinski definition) is 1. The number of amides is 1. The second-order valence-electron chi connectivity index (χ2n) is 7.51. The number of carboxylic acids is 1. The first-order valence-electron chi connectivity index (χ1n) is 9.90. The van der Waals surface area contributed by atoms with Crippen molar-refractivity contribution in [2.75, 3.05) is 32.7 Å². The van der Waals surface area contributed by atoms with Crippen molar-refractivity contribution < 1.29 is 14.7 Å². The van der Waals surface area contributed by atoms with Gasteiger partial charge in [-0.15, -0.1) is 0 Å². The fraction of sp³-hybridized carbons (Fsp3) is 0.391. The number of benzene rings is 2. The Kier molecular flexibility index (Phi) is 6.82. The zero-order chi connectivity index (χ0) is 19.9. The molecular formula is C23H28N2O3. The van der Waals surface area contributed by atoms with E-state index in [1.807, 2.05) is 42.2 Å². The summed E-state index contributed by atoms with van der Waals surface area (Å²) in [5.41, 5.74) is 2.66. The first-order valence-corrected chi connectivity index (χ1v) is 9.90. The van der Waals surface area contributed by atoms with Crippen LogP contribution >= 0.6 is 0 Å². The van der Waals surface area contributed by atoms with Crippen LogP contribution in [0.1, 0.15) is 28.4 Å². The highest BCUT2D eigenvalue weighted by Gasteiger charge is 2.24. The first kappa shape index (κ1) is 20.1. The highest BCUT2D eigenvalue weighted by atomic mass is 16.4. The average Bonchev–Trinajstić information content (AvgIpc) is 2.73. The molecule has 1 aliphatic rings. The van der Waals surface area contributed by atoms with Gasteiger partial charge < -0.3 is 10.0 Å². The number of piperazine rings is 1. The Hall–Kier alpha value is -2.66. The highest BCUT2D eigenvalue weighted by molar-refractivity contribution is 5.87. The van der Waals surface area contributed by atoms with Gasteiger partial charge in [-0.05, 0) is 36.1 Å². The van der Waals surface area contributed by atoms with Crippen molar-refractivity contribution in [3.8, 4) is 0 Å². The SMILES string of the molecule is CC(Cc1ccccc1)C(=O)N1CCN(CCc2ccc(C(=O)O)cc2)CC1. The van der Waals surface area contributed by atoms with Crippen molar-refractivity contribution >= 4 is 11.9 Å². The van der Waals surface area contributed by atoms with Crippen molar-refractivity contribution in [3.05, 3.63) is 71.3 Å². The lowest BCUT2D eigenvalue weighted by molar-refractivity contribution is -0.136. The van der Waals surface area contributed by atoms with Gasteiger partial charge in [0.2, 0.25) is 5.91 Å². The van der Waals surface area contributed by atoms with Crippen LogP contribution in [0.4, 0.5) is 0 Å². The maximum Gasteiger partial charge on any atom is 0.335 e. The molecule has 3 rings (SSSR count). The van der Waals surface area contributed by atoms with Crippen LogP contribution in [0.5, 0.6) is 0 Å². The van der Waals surface area contributed by atoms with Gasteiger partial charge >= 0.3 is 5.97 Å². The predicted octanol–water partition coefficient (Wildman–Crippen LogP) is 2.95. The van der Waals surface area contributed by atoms with Gasteiger partial charge in [-0.3, -0.25) is 9.69 Å². The van der Waals surface area contributed by atoms with E-state index in [0.29, 0.717) is 5.56 Å². The maximum absolute atomic E-state index is 12.7. The summed E-state index contributed by atoms with van der Waals surface area (Å²) in [6, 6.07) is 17.2.